The van der Waals surface area contributed by atoms with Gasteiger partial charge < -0.3 is 15.5 Å². The highest BCUT2D eigenvalue weighted by Crippen LogP contribution is 2.16. The van der Waals surface area contributed by atoms with Gasteiger partial charge in [0, 0.05) is 32.2 Å². The van der Waals surface area contributed by atoms with Crippen molar-refractivity contribution < 1.29 is 14.0 Å². The minimum absolute atomic E-state index is 0. The highest BCUT2D eigenvalue weighted by molar-refractivity contribution is 5.97. The zero-order valence-corrected chi connectivity index (χ0v) is 13.4. The number of halogens is 2. The third kappa shape index (κ3) is 5.32. The Labute approximate surface area is 130 Å². The van der Waals surface area contributed by atoms with Gasteiger partial charge in [0.2, 0.25) is 5.91 Å². The predicted octanol–water partition coefficient (Wildman–Crippen LogP) is 1.74. The molecule has 5 nitrogen and oxygen atoms in total. The number of nitrogens with one attached hydrogen (secondary N) is 2. The summed E-state index contributed by atoms with van der Waals surface area (Å²) in [5.41, 5.74) is 0.346. The maximum Gasteiger partial charge on any atom is 0.256 e. The lowest BCUT2D eigenvalue weighted by Gasteiger charge is -2.14. The van der Waals surface area contributed by atoms with E-state index in [1.807, 2.05) is 0 Å². The minimum Gasteiger partial charge on any atom is -0.345 e. The number of carbonyl (C=O) groups is 2. The van der Waals surface area contributed by atoms with Crippen molar-refractivity contribution >= 4 is 29.9 Å². The van der Waals surface area contributed by atoms with Crippen LogP contribution in [0.1, 0.15) is 17.3 Å². The van der Waals surface area contributed by atoms with Gasteiger partial charge in [-0.2, -0.15) is 0 Å². The van der Waals surface area contributed by atoms with E-state index in [0.717, 1.165) is 0 Å². The fourth-order valence-electron chi connectivity index (χ4n) is 1.67. The van der Waals surface area contributed by atoms with Crippen LogP contribution in [0.4, 0.5) is 10.1 Å². The van der Waals surface area contributed by atoms with E-state index in [1.165, 1.54) is 23.1 Å². The second kappa shape index (κ2) is 8.59. The van der Waals surface area contributed by atoms with Gasteiger partial charge in [-0.05, 0) is 25.2 Å². The number of rotatable bonds is 5. The third-order valence-electron chi connectivity index (χ3n) is 2.83. The monoisotopic (exact) mass is 317 g/mol. The molecule has 1 aromatic carbocycles. The quantitative estimate of drug-likeness (QED) is 0.869. The molecule has 1 atom stereocenters. The molecular weight excluding hydrogens is 297 g/mol. The molecule has 1 rings (SSSR count). The lowest BCUT2D eigenvalue weighted by atomic mass is 10.1. The number of amides is 2. The molecule has 21 heavy (non-hydrogen) atoms. The average molecular weight is 318 g/mol. The highest BCUT2D eigenvalue weighted by Gasteiger charge is 2.16. The van der Waals surface area contributed by atoms with Crippen molar-refractivity contribution in [1.82, 2.24) is 10.2 Å². The number of hydrogen-bond acceptors (Lipinski definition) is 3. The zero-order valence-electron chi connectivity index (χ0n) is 12.6. The molecule has 0 saturated carbocycles. The molecule has 2 N–H and O–H groups in total. The lowest BCUT2D eigenvalue weighted by molar-refractivity contribution is -0.119. The number of anilines is 1. The van der Waals surface area contributed by atoms with Crippen molar-refractivity contribution in [2.24, 2.45) is 5.92 Å². The Morgan fingerprint density at radius 2 is 1.95 bits per heavy atom. The van der Waals surface area contributed by atoms with E-state index in [0.29, 0.717) is 12.2 Å². The highest BCUT2D eigenvalue weighted by atomic mass is 35.5. The van der Waals surface area contributed by atoms with E-state index in [4.69, 9.17) is 0 Å². The average Bonchev–Trinajstić information content (AvgIpc) is 2.40. The van der Waals surface area contributed by atoms with Crippen molar-refractivity contribution in [3.8, 4) is 0 Å². The molecule has 118 valence electrons. The van der Waals surface area contributed by atoms with Crippen LogP contribution in [0.15, 0.2) is 18.2 Å². The van der Waals surface area contributed by atoms with Crippen molar-refractivity contribution in [2.45, 2.75) is 6.92 Å². The Hall–Kier alpha value is -1.66. The number of benzene rings is 1. The van der Waals surface area contributed by atoms with Gasteiger partial charge in [0.25, 0.3) is 5.91 Å². The number of hydrogen-bond donors (Lipinski definition) is 2. The first-order valence-corrected chi connectivity index (χ1v) is 6.33. The molecule has 0 spiro atoms. The largest absolute Gasteiger partial charge is 0.345 e. The molecule has 0 aliphatic heterocycles. The maximum absolute atomic E-state index is 13.6. The van der Waals surface area contributed by atoms with Gasteiger partial charge in [0.15, 0.2) is 0 Å². The van der Waals surface area contributed by atoms with E-state index >= 15 is 0 Å². The molecule has 0 heterocycles. The van der Waals surface area contributed by atoms with Crippen LogP contribution in [0.3, 0.4) is 0 Å². The van der Waals surface area contributed by atoms with E-state index < -0.39 is 11.7 Å². The SMILES string of the molecule is CNCC(C)C(=O)Nc1ccc(F)c(C(=O)N(C)C)c1.Cl. The Morgan fingerprint density at radius 1 is 1.33 bits per heavy atom. The molecule has 2 amide bonds. The molecule has 0 radical (unpaired) electrons. The molecule has 0 aliphatic carbocycles. The normalized spacial score (nSPS) is 11.3. The summed E-state index contributed by atoms with van der Waals surface area (Å²) in [5.74, 6) is -1.46. The first-order chi connectivity index (χ1) is 9.36. The van der Waals surface area contributed by atoms with Crippen molar-refractivity contribution in [3.63, 3.8) is 0 Å². The zero-order chi connectivity index (χ0) is 15.3. The summed E-state index contributed by atoms with van der Waals surface area (Å²) >= 11 is 0. The fourth-order valence-corrected chi connectivity index (χ4v) is 1.67. The van der Waals surface area contributed by atoms with Crippen LogP contribution in [0.25, 0.3) is 0 Å². The van der Waals surface area contributed by atoms with Gasteiger partial charge >= 0.3 is 0 Å². The molecule has 7 heteroatoms. The number of nitrogens with zero attached hydrogens (tertiary/aromatic N) is 1. The van der Waals surface area contributed by atoms with E-state index in [9.17, 15) is 14.0 Å². The minimum atomic E-state index is -0.607. The fraction of sp³-hybridized carbons (Fsp3) is 0.429. The Morgan fingerprint density at radius 3 is 2.48 bits per heavy atom. The Bertz CT molecular complexity index is 509. The van der Waals surface area contributed by atoms with Crippen molar-refractivity contribution in [3.05, 3.63) is 29.6 Å². The second-order valence-electron chi connectivity index (χ2n) is 4.84. The van der Waals surface area contributed by atoms with Gasteiger partial charge in [-0.3, -0.25) is 9.59 Å². The van der Waals surface area contributed by atoms with Crippen LogP contribution < -0.4 is 10.6 Å². The standard InChI is InChI=1S/C14H20FN3O2.ClH/c1-9(8-16-2)13(19)17-10-5-6-12(15)11(7-10)14(20)18(3)4;/h5-7,9,16H,8H2,1-4H3,(H,17,19);1H. The molecule has 0 saturated heterocycles. The molecule has 0 aromatic heterocycles. The second-order valence-corrected chi connectivity index (χ2v) is 4.84. The Kier molecular flexibility index (Phi) is 7.91. The summed E-state index contributed by atoms with van der Waals surface area (Å²) in [6, 6.07) is 3.96. The van der Waals surface area contributed by atoms with Gasteiger partial charge in [0.05, 0.1) is 5.56 Å². The van der Waals surface area contributed by atoms with Crippen LogP contribution >= 0.6 is 12.4 Å². The Balaban J connectivity index is 0.00000400. The molecule has 1 aromatic rings. The van der Waals surface area contributed by atoms with Crippen LogP contribution in [0.2, 0.25) is 0 Å². The van der Waals surface area contributed by atoms with Gasteiger partial charge in [-0.25, -0.2) is 4.39 Å². The molecular formula is C14H21ClFN3O2. The van der Waals surface area contributed by atoms with Crippen LogP contribution in [0, 0.1) is 11.7 Å². The summed E-state index contributed by atoms with van der Waals surface area (Å²) in [4.78, 5) is 25.0. The van der Waals surface area contributed by atoms with Crippen LogP contribution in [-0.2, 0) is 4.79 Å². The lowest BCUT2D eigenvalue weighted by Crippen LogP contribution is -2.29. The first-order valence-electron chi connectivity index (χ1n) is 6.33. The third-order valence-corrected chi connectivity index (χ3v) is 2.83. The van der Waals surface area contributed by atoms with Gasteiger partial charge in [-0.15, -0.1) is 12.4 Å². The molecule has 1 unspecified atom stereocenters. The summed E-state index contributed by atoms with van der Waals surface area (Å²) in [5, 5.41) is 5.58. The summed E-state index contributed by atoms with van der Waals surface area (Å²) in [6.45, 7) is 2.32. The van der Waals surface area contributed by atoms with Gasteiger partial charge in [0.1, 0.15) is 5.82 Å². The topological polar surface area (TPSA) is 61.4 Å². The summed E-state index contributed by atoms with van der Waals surface area (Å²) < 4.78 is 13.6. The smallest absolute Gasteiger partial charge is 0.256 e. The van der Waals surface area contributed by atoms with Gasteiger partial charge in [-0.1, -0.05) is 6.92 Å². The van der Waals surface area contributed by atoms with Crippen LogP contribution in [0.5, 0.6) is 0 Å². The van der Waals surface area contributed by atoms with E-state index in [1.54, 1.807) is 28.1 Å². The van der Waals surface area contributed by atoms with Crippen molar-refractivity contribution in [1.29, 1.82) is 0 Å². The first kappa shape index (κ1) is 19.3. The van der Waals surface area contributed by atoms with E-state index in [-0.39, 0.29) is 29.8 Å². The van der Waals surface area contributed by atoms with Crippen LogP contribution in [-0.4, -0.2) is 44.4 Å². The summed E-state index contributed by atoms with van der Waals surface area (Å²) in [7, 11) is 4.85. The molecule has 0 bridgehead atoms. The molecule has 0 aliphatic rings. The van der Waals surface area contributed by atoms with Crippen molar-refractivity contribution in [2.75, 3.05) is 33.0 Å². The summed E-state index contributed by atoms with van der Waals surface area (Å²) in [6.07, 6.45) is 0. The number of carbonyl (C=O) groups excluding carboxylic acids is 2. The predicted molar refractivity (Wildman–Crippen MR) is 83.4 cm³/mol. The molecule has 0 fully saturated rings. The maximum atomic E-state index is 13.6. The van der Waals surface area contributed by atoms with E-state index in [2.05, 4.69) is 10.6 Å².